The average molecular weight is 522 g/mol. The Morgan fingerprint density at radius 2 is 1.94 bits per heavy atom. The predicted molar refractivity (Wildman–Crippen MR) is 140 cm³/mol. The van der Waals surface area contributed by atoms with Crippen LogP contribution in [0.25, 0.3) is 6.08 Å². The van der Waals surface area contributed by atoms with E-state index < -0.39 is 0 Å². The van der Waals surface area contributed by atoms with Gasteiger partial charge in [0.15, 0.2) is 16.7 Å². The van der Waals surface area contributed by atoms with Gasteiger partial charge in [0.05, 0.1) is 34.4 Å². The summed E-state index contributed by atoms with van der Waals surface area (Å²) in [7, 11) is 1.50. The molecule has 0 saturated carbocycles. The molecule has 3 aromatic carbocycles. The molecule has 1 aliphatic rings. The Labute approximate surface area is 217 Å². The van der Waals surface area contributed by atoms with Gasteiger partial charge in [-0.05, 0) is 72.8 Å². The highest BCUT2D eigenvalue weighted by atomic mass is 35.5. The van der Waals surface area contributed by atoms with Crippen LogP contribution in [0.5, 0.6) is 11.5 Å². The number of carbonyl (C=O) groups excluding carboxylic acids is 1. The molecule has 0 bridgehead atoms. The van der Waals surface area contributed by atoms with Crippen molar-refractivity contribution in [2.45, 2.75) is 13.5 Å². The third kappa shape index (κ3) is 5.54. The lowest BCUT2D eigenvalue weighted by Gasteiger charge is -2.14. The molecule has 1 amide bonds. The molecule has 182 valence electrons. The largest absolute Gasteiger partial charge is 0.493 e. The second kappa shape index (κ2) is 11.3. The number of benzene rings is 3. The summed E-state index contributed by atoms with van der Waals surface area (Å²) >= 11 is 7.75. The molecule has 36 heavy (non-hydrogen) atoms. The van der Waals surface area contributed by atoms with Crippen molar-refractivity contribution in [3.63, 3.8) is 0 Å². The number of carbonyl (C=O) groups is 1. The lowest BCUT2D eigenvalue weighted by molar-refractivity contribution is -0.122. The van der Waals surface area contributed by atoms with Crippen LogP contribution in [-0.4, -0.2) is 29.6 Å². The SMILES string of the molecule is CCN1C(=O)/C(=C\c2cc(Cl)c(OCc3ccccc3C#N)c(OC)c2)SC1=Nc1ccc(F)cc1. The highest BCUT2D eigenvalue weighted by molar-refractivity contribution is 8.18. The van der Waals surface area contributed by atoms with E-state index in [1.165, 1.54) is 31.0 Å². The van der Waals surface area contributed by atoms with Gasteiger partial charge in [-0.2, -0.15) is 5.26 Å². The lowest BCUT2D eigenvalue weighted by Crippen LogP contribution is -2.28. The number of ether oxygens (including phenoxy) is 2. The van der Waals surface area contributed by atoms with Gasteiger partial charge in [-0.3, -0.25) is 9.69 Å². The highest BCUT2D eigenvalue weighted by Gasteiger charge is 2.32. The van der Waals surface area contributed by atoms with E-state index in [2.05, 4.69) is 11.1 Å². The van der Waals surface area contributed by atoms with Crippen molar-refractivity contribution in [2.24, 2.45) is 4.99 Å². The summed E-state index contributed by atoms with van der Waals surface area (Å²) in [5, 5.41) is 10.1. The summed E-state index contributed by atoms with van der Waals surface area (Å²) in [5.74, 6) is 0.196. The zero-order valence-electron chi connectivity index (χ0n) is 19.5. The van der Waals surface area contributed by atoms with Crippen molar-refractivity contribution in [1.82, 2.24) is 4.90 Å². The first-order chi connectivity index (χ1) is 17.4. The van der Waals surface area contributed by atoms with E-state index >= 15 is 0 Å². The van der Waals surface area contributed by atoms with E-state index in [1.807, 2.05) is 19.1 Å². The van der Waals surface area contributed by atoms with Gasteiger partial charge in [0.1, 0.15) is 12.4 Å². The number of likely N-dealkylation sites (N-methyl/N-ethyl adjacent to an activating group) is 1. The van der Waals surface area contributed by atoms with E-state index in [0.29, 0.717) is 50.0 Å². The number of nitriles is 1. The first kappa shape index (κ1) is 25.3. The minimum atomic E-state index is -0.352. The smallest absolute Gasteiger partial charge is 0.266 e. The van der Waals surface area contributed by atoms with Crippen LogP contribution in [0.1, 0.15) is 23.6 Å². The van der Waals surface area contributed by atoms with Gasteiger partial charge < -0.3 is 9.47 Å². The van der Waals surface area contributed by atoms with E-state index in [4.69, 9.17) is 21.1 Å². The third-order valence-corrected chi connectivity index (χ3v) is 6.60. The topological polar surface area (TPSA) is 74.9 Å². The molecular weight excluding hydrogens is 501 g/mol. The van der Waals surface area contributed by atoms with Crippen LogP contribution in [0.15, 0.2) is 70.6 Å². The second-order valence-electron chi connectivity index (χ2n) is 7.62. The minimum Gasteiger partial charge on any atom is -0.493 e. The maximum Gasteiger partial charge on any atom is 0.266 e. The minimum absolute atomic E-state index is 0.142. The van der Waals surface area contributed by atoms with E-state index in [0.717, 1.165) is 5.56 Å². The zero-order chi connectivity index (χ0) is 25.7. The Kier molecular flexibility index (Phi) is 7.93. The number of nitrogens with zero attached hydrogens (tertiary/aromatic N) is 3. The fraction of sp³-hybridized carbons (Fsp3) is 0.148. The van der Waals surface area contributed by atoms with Crippen molar-refractivity contribution in [1.29, 1.82) is 5.26 Å². The fourth-order valence-electron chi connectivity index (χ4n) is 3.52. The van der Waals surface area contributed by atoms with Crippen molar-refractivity contribution in [3.05, 3.63) is 93.1 Å². The molecule has 1 saturated heterocycles. The number of thioether (sulfide) groups is 1. The molecule has 9 heteroatoms. The normalized spacial score (nSPS) is 15.4. The molecule has 0 atom stereocenters. The maximum absolute atomic E-state index is 13.2. The maximum atomic E-state index is 13.2. The van der Waals surface area contributed by atoms with Crippen LogP contribution in [0, 0.1) is 17.1 Å². The van der Waals surface area contributed by atoms with Crippen molar-refractivity contribution < 1.29 is 18.7 Å². The van der Waals surface area contributed by atoms with Crippen LogP contribution in [0.4, 0.5) is 10.1 Å². The molecule has 1 fully saturated rings. The molecule has 0 unspecified atom stereocenters. The van der Waals surface area contributed by atoms with Crippen molar-refractivity contribution >= 4 is 46.2 Å². The molecule has 1 aliphatic heterocycles. The van der Waals surface area contributed by atoms with Crippen LogP contribution in [-0.2, 0) is 11.4 Å². The molecule has 0 spiro atoms. The highest BCUT2D eigenvalue weighted by Crippen LogP contribution is 2.40. The van der Waals surface area contributed by atoms with Gasteiger partial charge in [-0.25, -0.2) is 9.38 Å². The Hall–Kier alpha value is -3.80. The van der Waals surface area contributed by atoms with Gasteiger partial charge in [0.25, 0.3) is 5.91 Å². The Morgan fingerprint density at radius 1 is 1.19 bits per heavy atom. The van der Waals surface area contributed by atoms with E-state index in [-0.39, 0.29) is 18.3 Å². The van der Waals surface area contributed by atoms with Crippen LogP contribution in [0.2, 0.25) is 5.02 Å². The number of hydrogen-bond donors (Lipinski definition) is 0. The summed E-state index contributed by atoms with van der Waals surface area (Å²) < 4.78 is 24.6. The Balaban J connectivity index is 1.60. The Morgan fingerprint density at radius 3 is 2.64 bits per heavy atom. The number of amidine groups is 1. The zero-order valence-corrected chi connectivity index (χ0v) is 21.1. The number of aliphatic imine (C=N–C) groups is 1. The molecule has 3 aromatic rings. The summed E-state index contributed by atoms with van der Waals surface area (Å²) in [4.78, 5) is 19.5. The summed E-state index contributed by atoms with van der Waals surface area (Å²) in [6, 6.07) is 18.5. The van der Waals surface area contributed by atoms with Gasteiger partial charge in [-0.15, -0.1) is 0 Å². The predicted octanol–water partition coefficient (Wildman–Crippen LogP) is 6.56. The second-order valence-corrected chi connectivity index (χ2v) is 9.04. The lowest BCUT2D eigenvalue weighted by atomic mass is 10.1. The summed E-state index contributed by atoms with van der Waals surface area (Å²) in [5.41, 5.74) is 2.45. The standard InChI is InChI=1S/C27H21ClFN3O3S/c1-3-32-26(33)24(36-27(32)31-21-10-8-20(29)9-11-21)14-17-12-22(28)25(23(13-17)34-2)35-16-19-7-5-4-6-18(19)15-30/h4-14H,3,16H2,1-2H3/b24-14+,31-27?. The van der Waals surface area contributed by atoms with Crippen LogP contribution >= 0.6 is 23.4 Å². The number of hydrogen-bond acceptors (Lipinski definition) is 6. The molecular formula is C27H21ClFN3O3S. The van der Waals surface area contributed by atoms with Crippen molar-refractivity contribution in [2.75, 3.05) is 13.7 Å². The van der Waals surface area contributed by atoms with Gasteiger partial charge >= 0.3 is 0 Å². The Bertz CT molecular complexity index is 1400. The molecule has 0 radical (unpaired) electrons. The third-order valence-electron chi connectivity index (χ3n) is 5.32. The number of amides is 1. The van der Waals surface area contributed by atoms with Crippen molar-refractivity contribution in [3.8, 4) is 17.6 Å². The van der Waals surface area contributed by atoms with Gasteiger partial charge in [0, 0.05) is 12.1 Å². The first-order valence-corrected chi connectivity index (χ1v) is 12.2. The number of rotatable bonds is 7. The average Bonchev–Trinajstić information content (AvgIpc) is 3.17. The molecule has 1 heterocycles. The molecule has 0 aliphatic carbocycles. The molecule has 6 nitrogen and oxygen atoms in total. The number of methoxy groups -OCH3 is 1. The van der Waals surface area contributed by atoms with Crippen LogP contribution < -0.4 is 9.47 Å². The van der Waals surface area contributed by atoms with E-state index in [1.54, 1.807) is 47.4 Å². The molecule has 4 rings (SSSR count). The molecule has 0 aromatic heterocycles. The first-order valence-electron chi connectivity index (χ1n) is 11.0. The summed E-state index contributed by atoms with van der Waals surface area (Å²) in [6.07, 6.45) is 1.71. The molecule has 0 N–H and O–H groups in total. The van der Waals surface area contributed by atoms with Gasteiger partial charge in [-0.1, -0.05) is 29.8 Å². The van der Waals surface area contributed by atoms with Gasteiger partial charge in [0.2, 0.25) is 0 Å². The monoisotopic (exact) mass is 521 g/mol. The quantitative estimate of drug-likeness (QED) is 0.329. The van der Waals surface area contributed by atoms with Crippen LogP contribution in [0.3, 0.4) is 0 Å². The summed E-state index contributed by atoms with van der Waals surface area (Å²) in [6.45, 7) is 2.44. The fourth-order valence-corrected chi connectivity index (χ4v) is 4.85. The van der Waals surface area contributed by atoms with E-state index in [9.17, 15) is 14.4 Å². The number of halogens is 2.